The highest BCUT2D eigenvalue weighted by Crippen LogP contribution is 2.21. The van der Waals surface area contributed by atoms with Crippen molar-refractivity contribution >= 4 is 35.8 Å². The fourth-order valence-electron chi connectivity index (χ4n) is 2.43. The van der Waals surface area contributed by atoms with Crippen molar-refractivity contribution in [2.24, 2.45) is 12.0 Å². The van der Waals surface area contributed by atoms with E-state index in [4.69, 9.17) is 4.74 Å². The summed E-state index contributed by atoms with van der Waals surface area (Å²) in [5.41, 5.74) is 2.04. The third kappa shape index (κ3) is 6.60. The van der Waals surface area contributed by atoms with Crippen molar-refractivity contribution in [1.82, 2.24) is 24.9 Å². The molecule has 1 aliphatic heterocycles. The number of nitrogens with zero attached hydrogens (tertiary/aromatic N) is 5. The Morgan fingerprint density at radius 2 is 2.27 bits per heavy atom. The predicted molar refractivity (Wildman–Crippen MR) is 113 cm³/mol. The number of aryl methyl sites for hydroxylation is 1. The quantitative estimate of drug-likeness (QED) is 0.298. The largest absolute Gasteiger partial charge is 0.370 e. The number of aromatic nitrogens is 2. The molecule has 146 valence electrons. The van der Waals surface area contributed by atoms with E-state index in [2.05, 4.69) is 26.9 Å². The van der Waals surface area contributed by atoms with Gasteiger partial charge in [-0.05, 0) is 6.92 Å². The van der Waals surface area contributed by atoms with Crippen molar-refractivity contribution < 1.29 is 9.53 Å². The number of carbonyl (C=O) groups excluding carboxylic acids is 1. The van der Waals surface area contributed by atoms with Crippen LogP contribution in [0.5, 0.6) is 0 Å². The average Bonchev–Trinajstić information content (AvgIpc) is 3.01. The Morgan fingerprint density at radius 3 is 2.85 bits per heavy atom. The Bertz CT molecular complexity index is 643. The van der Waals surface area contributed by atoms with Gasteiger partial charge in [-0.25, -0.2) is 4.99 Å². The van der Waals surface area contributed by atoms with Gasteiger partial charge in [-0.15, -0.1) is 24.0 Å². The zero-order chi connectivity index (χ0) is 18.4. The number of carbonyl (C=O) groups is 1. The molecule has 2 rings (SSSR count). The predicted octanol–water partition coefficient (Wildman–Crippen LogP) is 1.02. The highest BCUT2D eigenvalue weighted by atomic mass is 127. The van der Waals surface area contributed by atoms with Gasteiger partial charge in [0.15, 0.2) is 5.96 Å². The van der Waals surface area contributed by atoms with Crippen molar-refractivity contribution in [1.29, 1.82) is 0 Å². The minimum atomic E-state index is -0.0659. The molecule has 0 aromatic carbocycles. The number of rotatable bonds is 5. The number of amides is 1. The van der Waals surface area contributed by atoms with E-state index in [0.29, 0.717) is 25.7 Å². The summed E-state index contributed by atoms with van der Waals surface area (Å²) in [5, 5.41) is 7.50. The van der Waals surface area contributed by atoms with E-state index in [0.717, 1.165) is 17.7 Å². The minimum absolute atomic E-state index is 0. The molecule has 1 N–H and O–H groups in total. The fraction of sp³-hybridized carbons (Fsp3) is 0.588. The maximum Gasteiger partial charge on any atom is 0.243 e. The van der Waals surface area contributed by atoms with Gasteiger partial charge >= 0.3 is 0 Å². The van der Waals surface area contributed by atoms with Crippen LogP contribution in [0.15, 0.2) is 29.5 Å². The highest BCUT2D eigenvalue weighted by Gasteiger charge is 2.25. The Morgan fingerprint density at radius 1 is 1.54 bits per heavy atom. The summed E-state index contributed by atoms with van der Waals surface area (Å²) in [7, 11) is 5.34. The first-order chi connectivity index (χ1) is 11.9. The topological polar surface area (TPSA) is 75.0 Å². The molecule has 0 spiro atoms. The SMILES string of the molecule is C=C(C)CNC(=NCC(=O)N(C)C)N1CCOC(c2cnn(C)c2)C1.I. The molecule has 26 heavy (non-hydrogen) atoms. The molecule has 2 heterocycles. The van der Waals surface area contributed by atoms with E-state index in [1.54, 1.807) is 18.8 Å². The van der Waals surface area contributed by atoms with Gasteiger partial charge in [0.1, 0.15) is 12.6 Å². The van der Waals surface area contributed by atoms with E-state index >= 15 is 0 Å². The van der Waals surface area contributed by atoms with E-state index in [-0.39, 0.29) is 42.5 Å². The van der Waals surface area contributed by atoms with Gasteiger partial charge in [0.05, 0.1) is 19.3 Å². The highest BCUT2D eigenvalue weighted by molar-refractivity contribution is 14.0. The van der Waals surface area contributed by atoms with E-state index in [9.17, 15) is 4.79 Å². The van der Waals surface area contributed by atoms with E-state index < -0.39 is 0 Å². The molecule has 1 aromatic heterocycles. The molecule has 1 aliphatic rings. The minimum Gasteiger partial charge on any atom is -0.370 e. The number of morpholine rings is 1. The number of nitrogens with one attached hydrogen (secondary N) is 1. The van der Waals surface area contributed by atoms with Crippen LogP contribution in [0.3, 0.4) is 0 Å². The van der Waals surface area contributed by atoms with Crippen LogP contribution in [-0.2, 0) is 16.6 Å². The monoisotopic (exact) mass is 476 g/mol. The molecule has 1 atom stereocenters. The zero-order valence-electron chi connectivity index (χ0n) is 15.9. The lowest BCUT2D eigenvalue weighted by Gasteiger charge is -2.35. The zero-order valence-corrected chi connectivity index (χ0v) is 18.3. The van der Waals surface area contributed by atoms with Gasteiger partial charge in [-0.2, -0.15) is 5.10 Å². The van der Waals surface area contributed by atoms with Crippen LogP contribution in [0.2, 0.25) is 0 Å². The number of guanidine groups is 1. The first kappa shape index (κ1) is 22.4. The maximum absolute atomic E-state index is 11.9. The second-order valence-electron chi connectivity index (χ2n) is 6.49. The van der Waals surface area contributed by atoms with Crippen LogP contribution >= 0.6 is 24.0 Å². The molecule has 1 amide bonds. The van der Waals surface area contributed by atoms with E-state index in [1.807, 2.05) is 26.4 Å². The average molecular weight is 476 g/mol. The Kier molecular flexibility index (Phi) is 9.06. The molecule has 0 radical (unpaired) electrons. The van der Waals surface area contributed by atoms with Crippen LogP contribution < -0.4 is 5.32 Å². The molecule has 0 aliphatic carbocycles. The summed E-state index contributed by atoms with van der Waals surface area (Å²) in [6.07, 6.45) is 3.72. The van der Waals surface area contributed by atoms with Crippen molar-refractivity contribution in [2.45, 2.75) is 13.0 Å². The lowest BCUT2D eigenvalue weighted by atomic mass is 10.1. The molecule has 1 aromatic rings. The van der Waals surface area contributed by atoms with Gasteiger partial charge in [0.2, 0.25) is 5.91 Å². The van der Waals surface area contributed by atoms with Crippen molar-refractivity contribution in [3.05, 3.63) is 30.1 Å². The van der Waals surface area contributed by atoms with Crippen molar-refractivity contribution in [3.8, 4) is 0 Å². The van der Waals surface area contributed by atoms with Crippen molar-refractivity contribution in [2.75, 3.05) is 46.9 Å². The Labute approximate surface area is 172 Å². The second kappa shape index (κ2) is 10.5. The summed E-state index contributed by atoms with van der Waals surface area (Å²) in [6.45, 7) is 8.56. The van der Waals surface area contributed by atoms with Gasteiger partial charge in [0, 0.05) is 46.0 Å². The molecular weight excluding hydrogens is 447 g/mol. The normalized spacial score (nSPS) is 17.5. The number of hydrogen-bond acceptors (Lipinski definition) is 4. The summed E-state index contributed by atoms with van der Waals surface area (Å²) in [5.74, 6) is 0.669. The number of likely N-dealkylation sites (N-methyl/N-ethyl adjacent to an activating group) is 1. The van der Waals surface area contributed by atoms with Gasteiger partial charge < -0.3 is 19.9 Å². The molecule has 1 saturated heterocycles. The first-order valence-corrected chi connectivity index (χ1v) is 8.34. The van der Waals surface area contributed by atoms with Crippen LogP contribution in [0, 0.1) is 0 Å². The third-order valence-corrected chi connectivity index (χ3v) is 3.87. The molecule has 1 unspecified atom stereocenters. The number of aliphatic imine (C=N–C) groups is 1. The third-order valence-electron chi connectivity index (χ3n) is 3.87. The molecule has 9 heteroatoms. The van der Waals surface area contributed by atoms with Gasteiger partial charge in [0.25, 0.3) is 0 Å². The molecule has 0 bridgehead atoms. The maximum atomic E-state index is 11.9. The van der Waals surface area contributed by atoms with Crippen LogP contribution in [-0.4, -0.2) is 78.3 Å². The fourth-order valence-corrected chi connectivity index (χ4v) is 2.43. The smallest absolute Gasteiger partial charge is 0.243 e. The van der Waals surface area contributed by atoms with E-state index in [1.165, 1.54) is 4.90 Å². The van der Waals surface area contributed by atoms with Crippen LogP contribution in [0.1, 0.15) is 18.6 Å². The molecular formula is C17H29IN6O2. The summed E-state index contributed by atoms with van der Waals surface area (Å²) >= 11 is 0. The summed E-state index contributed by atoms with van der Waals surface area (Å²) in [6, 6.07) is 0. The lowest BCUT2D eigenvalue weighted by Crippen LogP contribution is -2.48. The van der Waals surface area contributed by atoms with Gasteiger partial charge in [-0.1, -0.05) is 12.2 Å². The molecule has 0 saturated carbocycles. The number of hydrogen-bond donors (Lipinski definition) is 1. The molecule has 1 fully saturated rings. The lowest BCUT2D eigenvalue weighted by molar-refractivity contribution is -0.127. The number of ether oxygens (including phenoxy) is 1. The van der Waals surface area contributed by atoms with Gasteiger partial charge in [-0.3, -0.25) is 9.48 Å². The molecule has 8 nitrogen and oxygen atoms in total. The summed E-state index contributed by atoms with van der Waals surface area (Å²) in [4.78, 5) is 20.0. The standard InChI is InChI=1S/C17H28N6O2.HI/c1-13(2)8-18-17(19-10-16(24)21(3)4)23-6-7-25-15(12-23)14-9-20-22(5)11-14;/h9,11,15H,1,6-8,10,12H2,2-5H3,(H,18,19);1H. The van der Waals surface area contributed by atoms with Crippen molar-refractivity contribution in [3.63, 3.8) is 0 Å². The number of halogens is 1. The summed E-state index contributed by atoms with van der Waals surface area (Å²) < 4.78 is 7.64. The first-order valence-electron chi connectivity index (χ1n) is 8.34. The Balaban J connectivity index is 0.00000338. The van der Waals surface area contributed by atoms with Crippen LogP contribution in [0.4, 0.5) is 0 Å². The second-order valence-corrected chi connectivity index (χ2v) is 6.49. The Hall–Kier alpha value is -1.62. The van der Waals surface area contributed by atoms with Crippen LogP contribution in [0.25, 0.3) is 0 Å².